The SMILES string of the molecule is O=C(O)/C=C/CNCCCCN1C2=CC=C(CO)CC2=CCc2ccc(Cl)cc21. The Morgan fingerprint density at radius 2 is 2.14 bits per heavy atom. The number of nitrogens with zero attached hydrogens (tertiary/aromatic N) is 1. The fourth-order valence-electron chi connectivity index (χ4n) is 3.68. The van der Waals surface area contributed by atoms with Crippen LogP contribution < -0.4 is 10.2 Å². The first-order valence-corrected chi connectivity index (χ1v) is 10.3. The minimum Gasteiger partial charge on any atom is -0.478 e. The standard InChI is InChI=1S/C23H27ClN2O3/c24-20-9-8-18-6-7-19-14-17(16-27)5-10-21(19)26(22(18)15-20)13-2-1-11-25-12-3-4-23(28)29/h3-5,7-10,15,25,27H,1-2,6,11-14,16H2,(H,28,29)/b4-3+. The van der Waals surface area contributed by atoms with Crippen LogP contribution in [0.25, 0.3) is 0 Å². The number of anilines is 1. The van der Waals surface area contributed by atoms with Gasteiger partial charge < -0.3 is 20.4 Å². The molecule has 1 aliphatic heterocycles. The molecule has 1 heterocycles. The Bertz CT molecular complexity index is 871. The van der Waals surface area contributed by atoms with E-state index in [2.05, 4.69) is 28.4 Å². The molecule has 1 aliphatic carbocycles. The molecule has 0 bridgehead atoms. The van der Waals surface area contributed by atoms with Crippen LogP contribution in [0.4, 0.5) is 5.69 Å². The Labute approximate surface area is 176 Å². The molecule has 3 N–H and O–H groups in total. The van der Waals surface area contributed by atoms with Crippen molar-refractivity contribution in [2.75, 3.05) is 31.1 Å². The van der Waals surface area contributed by atoms with E-state index in [9.17, 15) is 9.90 Å². The number of carboxylic acids is 1. The first kappa shape index (κ1) is 21.4. The Balaban J connectivity index is 1.68. The van der Waals surface area contributed by atoms with Gasteiger partial charge in [-0.2, -0.15) is 0 Å². The largest absolute Gasteiger partial charge is 0.478 e. The third-order valence-corrected chi connectivity index (χ3v) is 5.37. The normalized spacial score (nSPS) is 15.9. The van der Waals surface area contributed by atoms with Gasteiger partial charge in [-0.25, -0.2) is 4.79 Å². The fourth-order valence-corrected chi connectivity index (χ4v) is 3.84. The van der Waals surface area contributed by atoms with Crippen LogP contribution in [-0.2, 0) is 11.2 Å². The number of carbonyl (C=O) groups is 1. The zero-order chi connectivity index (χ0) is 20.6. The van der Waals surface area contributed by atoms with Gasteiger partial charge in [0, 0.05) is 35.6 Å². The van der Waals surface area contributed by atoms with E-state index in [0.29, 0.717) is 6.54 Å². The van der Waals surface area contributed by atoms with Crippen LogP contribution in [0.3, 0.4) is 0 Å². The van der Waals surface area contributed by atoms with E-state index >= 15 is 0 Å². The van der Waals surface area contributed by atoms with Crippen molar-refractivity contribution >= 4 is 23.3 Å². The van der Waals surface area contributed by atoms with Gasteiger partial charge in [-0.15, -0.1) is 0 Å². The third-order valence-electron chi connectivity index (χ3n) is 5.13. The molecular formula is C23H27ClN2O3. The number of benzene rings is 1. The lowest BCUT2D eigenvalue weighted by molar-refractivity contribution is -0.131. The number of aliphatic carboxylic acids is 1. The number of carboxylic acid groups (broad SMARTS) is 1. The van der Waals surface area contributed by atoms with Crippen molar-refractivity contribution in [2.24, 2.45) is 0 Å². The molecule has 2 aliphatic rings. The smallest absolute Gasteiger partial charge is 0.328 e. The van der Waals surface area contributed by atoms with Gasteiger partial charge in [0.25, 0.3) is 0 Å². The second kappa shape index (κ2) is 10.4. The molecule has 0 radical (unpaired) electrons. The van der Waals surface area contributed by atoms with Crippen molar-refractivity contribution in [3.8, 4) is 0 Å². The number of aliphatic hydroxyl groups is 1. The molecule has 1 aromatic carbocycles. The predicted molar refractivity (Wildman–Crippen MR) is 117 cm³/mol. The molecule has 5 nitrogen and oxygen atoms in total. The molecule has 6 heteroatoms. The summed E-state index contributed by atoms with van der Waals surface area (Å²) in [4.78, 5) is 12.8. The van der Waals surface area contributed by atoms with Crippen molar-refractivity contribution in [2.45, 2.75) is 25.7 Å². The van der Waals surface area contributed by atoms with Crippen LogP contribution in [0.2, 0.25) is 5.02 Å². The highest BCUT2D eigenvalue weighted by Crippen LogP contribution is 2.37. The molecule has 0 atom stereocenters. The van der Waals surface area contributed by atoms with Gasteiger partial charge in [0.1, 0.15) is 0 Å². The van der Waals surface area contributed by atoms with Gasteiger partial charge in [-0.3, -0.25) is 0 Å². The Morgan fingerprint density at radius 1 is 1.28 bits per heavy atom. The Hall–Kier alpha value is -2.34. The average molecular weight is 415 g/mol. The lowest BCUT2D eigenvalue weighted by Crippen LogP contribution is -2.27. The lowest BCUT2D eigenvalue weighted by atomic mass is 9.96. The quantitative estimate of drug-likeness (QED) is 0.423. The topological polar surface area (TPSA) is 72.8 Å². The van der Waals surface area contributed by atoms with Crippen LogP contribution in [0.5, 0.6) is 0 Å². The molecule has 0 saturated carbocycles. The number of allylic oxidation sites excluding steroid dienone is 4. The summed E-state index contributed by atoms with van der Waals surface area (Å²) in [5.41, 5.74) is 5.86. The summed E-state index contributed by atoms with van der Waals surface area (Å²) in [6.07, 6.45) is 12.8. The van der Waals surface area contributed by atoms with Crippen molar-refractivity contribution in [1.82, 2.24) is 5.32 Å². The van der Waals surface area contributed by atoms with E-state index in [1.165, 1.54) is 16.8 Å². The monoisotopic (exact) mass is 414 g/mol. The van der Waals surface area contributed by atoms with Crippen molar-refractivity contribution in [3.63, 3.8) is 0 Å². The number of aliphatic hydroxyl groups excluding tert-OH is 1. The van der Waals surface area contributed by atoms with Gasteiger partial charge in [0.15, 0.2) is 0 Å². The molecule has 0 spiro atoms. The number of unbranched alkanes of at least 4 members (excludes halogenated alkanes) is 1. The highest BCUT2D eigenvalue weighted by Gasteiger charge is 2.23. The van der Waals surface area contributed by atoms with E-state index in [1.54, 1.807) is 6.08 Å². The predicted octanol–water partition coefficient (Wildman–Crippen LogP) is 3.85. The summed E-state index contributed by atoms with van der Waals surface area (Å²) in [5, 5.41) is 22.1. The summed E-state index contributed by atoms with van der Waals surface area (Å²) in [7, 11) is 0. The minimum atomic E-state index is -0.923. The van der Waals surface area contributed by atoms with Crippen LogP contribution in [-0.4, -0.2) is 42.4 Å². The van der Waals surface area contributed by atoms with Gasteiger partial charge in [0.2, 0.25) is 0 Å². The van der Waals surface area contributed by atoms with Crippen LogP contribution in [0.15, 0.2) is 65.4 Å². The molecule has 29 heavy (non-hydrogen) atoms. The van der Waals surface area contributed by atoms with Crippen LogP contribution >= 0.6 is 11.6 Å². The Morgan fingerprint density at radius 3 is 2.93 bits per heavy atom. The van der Waals surface area contributed by atoms with E-state index in [0.717, 1.165) is 61.1 Å². The molecule has 0 aromatic heterocycles. The maximum atomic E-state index is 10.5. The zero-order valence-electron chi connectivity index (χ0n) is 16.4. The Kier molecular flexibility index (Phi) is 7.69. The van der Waals surface area contributed by atoms with Gasteiger partial charge in [-0.1, -0.05) is 35.9 Å². The third kappa shape index (κ3) is 5.82. The molecule has 0 fully saturated rings. The van der Waals surface area contributed by atoms with Gasteiger partial charge in [-0.05, 0) is 67.1 Å². The molecule has 0 saturated heterocycles. The van der Waals surface area contributed by atoms with Gasteiger partial charge in [0.05, 0.1) is 6.61 Å². The summed E-state index contributed by atoms with van der Waals surface area (Å²) in [6, 6.07) is 6.07. The van der Waals surface area contributed by atoms with Crippen LogP contribution in [0, 0.1) is 0 Å². The molecular weight excluding hydrogens is 388 g/mol. The fraction of sp³-hybridized carbons (Fsp3) is 0.348. The molecule has 154 valence electrons. The summed E-state index contributed by atoms with van der Waals surface area (Å²) >= 11 is 6.30. The average Bonchev–Trinajstić information content (AvgIpc) is 2.86. The summed E-state index contributed by atoms with van der Waals surface area (Å²) in [6.45, 7) is 2.34. The highest BCUT2D eigenvalue weighted by molar-refractivity contribution is 6.30. The maximum Gasteiger partial charge on any atom is 0.328 e. The molecule has 3 rings (SSSR count). The van der Waals surface area contributed by atoms with E-state index in [-0.39, 0.29) is 6.61 Å². The summed E-state index contributed by atoms with van der Waals surface area (Å²) < 4.78 is 0. The number of fused-ring (bicyclic) bond motifs is 2. The second-order valence-corrected chi connectivity index (χ2v) is 7.66. The van der Waals surface area contributed by atoms with E-state index in [1.807, 2.05) is 18.2 Å². The molecule has 0 unspecified atom stereocenters. The molecule has 1 aromatic rings. The van der Waals surface area contributed by atoms with Crippen LogP contribution in [0.1, 0.15) is 24.8 Å². The first-order valence-electron chi connectivity index (χ1n) is 9.94. The number of halogens is 1. The number of nitrogens with one attached hydrogen (secondary N) is 1. The van der Waals surface area contributed by atoms with Crippen molar-refractivity contribution < 1.29 is 15.0 Å². The number of hydrogen-bond donors (Lipinski definition) is 3. The minimum absolute atomic E-state index is 0.0852. The second-order valence-electron chi connectivity index (χ2n) is 7.22. The first-order chi connectivity index (χ1) is 14.1. The zero-order valence-corrected chi connectivity index (χ0v) is 17.2. The highest BCUT2D eigenvalue weighted by atomic mass is 35.5. The maximum absolute atomic E-state index is 10.5. The van der Waals surface area contributed by atoms with Gasteiger partial charge >= 0.3 is 5.97 Å². The lowest BCUT2D eigenvalue weighted by Gasteiger charge is -2.31. The summed E-state index contributed by atoms with van der Waals surface area (Å²) in [5.74, 6) is -0.923. The van der Waals surface area contributed by atoms with Crippen molar-refractivity contribution in [1.29, 1.82) is 0 Å². The molecule has 0 amide bonds. The number of hydrogen-bond acceptors (Lipinski definition) is 4. The van der Waals surface area contributed by atoms with E-state index in [4.69, 9.17) is 16.7 Å². The number of rotatable bonds is 9. The van der Waals surface area contributed by atoms with Crippen molar-refractivity contribution in [3.05, 3.63) is 76.0 Å². The van der Waals surface area contributed by atoms with E-state index < -0.39 is 5.97 Å².